The third-order valence-electron chi connectivity index (χ3n) is 3.26. The first-order valence-corrected chi connectivity index (χ1v) is 7.76. The number of thiazole rings is 1. The van der Waals surface area contributed by atoms with Crippen molar-refractivity contribution in [2.75, 3.05) is 5.32 Å². The molecule has 0 saturated heterocycles. The Morgan fingerprint density at radius 2 is 2.13 bits per heavy atom. The molecule has 7 heteroatoms. The zero-order valence-corrected chi connectivity index (χ0v) is 12.9. The monoisotopic (exact) mass is 325 g/mol. The average molecular weight is 325 g/mol. The van der Waals surface area contributed by atoms with Crippen LogP contribution in [0.1, 0.15) is 16.2 Å². The number of fused-ring (bicyclic) bond motifs is 1. The highest BCUT2D eigenvalue weighted by molar-refractivity contribution is 7.14. The SMILES string of the molecule is Cc1cc(C(=O)Nc2nc(-c3cc4ccccc4o3)cs2)no1. The Balaban J connectivity index is 1.57. The van der Waals surface area contributed by atoms with Crippen molar-refractivity contribution in [3.05, 3.63) is 53.2 Å². The molecule has 3 aromatic heterocycles. The van der Waals surface area contributed by atoms with Gasteiger partial charge < -0.3 is 8.94 Å². The number of furan rings is 1. The molecule has 0 saturated carbocycles. The van der Waals surface area contributed by atoms with E-state index in [0.29, 0.717) is 22.3 Å². The van der Waals surface area contributed by atoms with E-state index >= 15 is 0 Å². The van der Waals surface area contributed by atoms with Gasteiger partial charge in [-0.15, -0.1) is 11.3 Å². The van der Waals surface area contributed by atoms with Gasteiger partial charge in [0.25, 0.3) is 5.91 Å². The van der Waals surface area contributed by atoms with Gasteiger partial charge in [-0.25, -0.2) is 4.98 Å². The zero-order chi connectivity index (χ0) is 15.8. The molecule has 6 nitrogen and oxygen atoms in total. The smallest absolute Gasteiger partial charge is 0.279 e. The summed E-state index contributed by atoms with van der Waals surface area (Å²) in [6, 6.07) is 11.3. The molecule has 0 aliphatic rings. The number of aryl methyl sites for hydroxylation is 1. The molecule has 4 aromatic rings. The maximum atomic E-state index is 12.0. The highest BCUT2D eigenvalue weighted by Crippen LogP contribution is 2.30. The quantitative estimate of drug-likeness (QED) is 0.613. The van der Waals surface area contributed by atoms with Crippen LogP contribution < -0.4 is 5.32 Å². The first-order chi connectivity index (χ1) is 11.2. The molecule has 0 aliphatic heterocycles. The van der Waals surface area contributed by atoms with Crippen LogP contribution in [0.3, 0.4) is 0 Å². The van der Waals surface area contributed by atoms with Gasteiger partial charge in [-0.05, 0) is 19.1 Å². The van der Waals surface area contributed by atoms with E-state index in [1.165, 1.54) is 11.3 Å². The van der Waals surface area contributed by atoms with E-state index in [1.807, 2.05) is 35.7 Å². The van der Waals surface area contributed by atoms with Crippen LogP contribution in [-0.4, -0.2) is 16.0 Å². The summed E-state index contributed by atoms with van der Waals surface area (Å²) >= 11 is 1.32. The summed E-state index contributed by atoms with van der Waals surface area (Å²) in [5.41, 5.74) is 1.71. The van der Waals surface area contributed by atoms with Gasteiger partial charge in [-0.1, -0.05) is 23.4 Å². The number of nitrogens with one attached hydrogen (secondary N) is 1. The summed E-state index contributed by atoms with van der Waals surface area (Å²) in [5, 5.41) is 9.70. The molecule has 114 valence electrons. The van der Waals surface area contributed by atoms with Crippen molar-refractivity contribution in [2.24, 2.45) is 0 Å². The lowest BCUT2D eigenvalue weighted by Gasteiger charge is -1.96. The molecule has 1 aromatic carbocycles. The van der Waals surface area contributed by atoms with Gasteiger partial charge in [0, 0.05) is 16.8 Å². The molecule has 0 spiro atoms. The predicted molar refractivity (Wildman–Crippen MR) is 86.5 cm³/mol. The van der Waals surface area contributed by atoms with E-state index in [4.69, 9.17) is 8.94 Å². The lowest BCUT2D eigenvalue weighted by Crippen LogP contribution is -2.11. The molecular formula is C16H11N3O3S. The molecule has 0 fully saturated rings. The van der Waals surface area contributed by atoms with Gasteiger partial charge in [0.15, 0.2) is 16.6 Å². The second kappa shape index (κ2) is 5.36. The van der Waals surface area contributed by atoms with Gasteiger partial charge in [0.2, 0.25) is 0 Å². The second-order valence-corrected chi connectivity index (χ2v) is 5.82. The van der Waals surface area contributed by atoms with E-state index in [1.54, 1.807) is 13.0 Å². The first-order valence-electron chi connectivity index (χ1n) is 6.88. The van der Waals surface area contributed by atoms with Crippen LogP contribution in [0.2, 0.25) is 0 Å². The minimum absolute atomic E-state index is 0.225. The summed E-state index contributed by atoms with van der Waals surface area (Å²) in [7, 11) is 0. The highest BCUT2D eigenvalue weighted by Gasteiger charge is 2.15. The van der Waals surface area contributed by atoms with Crippen LogP contribution in [0.4, 0.5) is 5.13 Å². The van der Waals surface area contributed by atoms with Crippen molar-refractivity contribution in [2.45, 2.75) is 6.92 Å². The Bertz CT molecular complexity index is 966. The van der Waals surface area contributed by atoms with E-state index in [-0.39, 0.29) is 11.6 Å². The number of benzene rings is 1. The number of hydrogen-bond donors (Lipinski definition) is 1. The van der Waals surface area contributed by atoms with E-state index in [2.05, 4.69) is 15.5 Å². The van der Waals surface area contributed by atoms with Crippen LogP contribution in [-0.2, 0) is 0 Å². The number of amides is 1. The topological polar surface area (TPSA) is 81.2 Å². The van der Waals surface area contributed by atoms with Gasteiger partial charge in [0.1, 0.15) is 17.0 Å². The molecule has 0 unspecified atom stereocenters. The number of para-hydroxylation sites is 1. The Morgan fingerprint density at radius 3 is 2.91 bits per heavy atom. The maximum Gasteiger partial charge on any atom is 0.279 e. The summed E-state index contributed by atoms with van der Waals surface area (Å²) in [4.78, 5) is 16.4. The van der Waals surface area contributed by atoms with Crippen molar-refractivity contribution >= 4 is 33.3 Å². The molecule has 0 atom stereocenters. The summed E-state index contributed by atoms with van der Waals surface area (Å²) < 4.78 is 10.7. The lowest BCUT2D eigenvalue weighted by atomic mass is 10.2. The Labute approximate surface area is 134 Å². The third-order valence-corrected chi connectivity index (χ3v) is 4.02. The minimum atomic E-state index is -0.354. The fraction of sp³-hybridized carbons (Fsp3) is 0.0625. The number of nitrogens with zero attached hydrogens (tertiary/aromatic N) is 2. The molecule has 0 radical (unpaired) electrons. The number of rotatable bonds is 3. The van der Waals surface area contributed by atoms with Crippen molar-refractivity contribution in [3.63, 3.8) is 0 Å². The summed E-state index contributed by atoms with van der Waals surface area (Å²) in [6.45, 7) is 1.73. The molecule has 1 N–H and O–H groups in total. The number of aromatic nitrogens is 2. The number of carbonyl (C=O) groups is 1. The van der Waals surface area contributed by atoms with Gasteiger partial charge in [0.05, 0.1) is 0 Å². The Kier molecular flexibility index (Phi) is 3.20. The Morgan fingerprint density at radius 1 is 1.26 bits per heavy atom. The van der Waals surface area contributed by atoms with Gasteiger partial charge >= 0.3 is 0 Å². The lowest BCUT2D eigenvalue weighted by molar-refractivity contribution is 0.101. The molecule has 3 heterocycles. The van der Waals surface area contributed by atoms with Crippen molar-refractivity contribution in [1.29, 1.82) is 0 Å². The first kappa shape index (κ1) is 13.7. The predicted octanol–water partition coefficient (Wildman–Crippen LogP) is 4.11. The fourth-order valence-corrected chi connectivity index (χ4v) is 2.88. The van der Waals surface area contributed by atoms with Crippen LogP contribution >= 0.6 is 11.3 Å². The largest absolute Gasteiger partial charge is 0.454 e. The average Bonchev–Trinajstić information content (AvgIpc) is 3.25. The normalized spacial score (nSPS) is 11.0. The molecular weight excluding hydrogens is 314 g/mol. The maximum absolute atomic E-state index is 12.0. The summed E-state index contributed by atoms with van der Waals surface area (Å²) in [6.07, 6.45) is 0. The molecule has 1 amide bonds. The van der Waals surface area contributed by atoms with E-state index in [0.717, 1.165) is 11.0 Å². The second-order valence-electron chi connectivity index (χ2n) is 4.96. The van der Waals surface area contributed by atoms with Crippen molar-refractivity contribution < 1.29 is 13.7 Å². The number of hydrogen-bond acceptors (Lipinski definition) is 6. The van der Waals surface area contributed by atoms with Crippen molar-refractivity contribution in [1.82, 2.24) is 10.1 Å². The van der Waals surface area contributed by atoms with Crippen LogP contribution in [0.5, 0.6) is 0 Å². The minimum Gasteiger partial charge on any atom is -0.454 e. The van der Waals surface area contributed by atoms with E-state index < -0.39 is 0 Å². The molecule has 23 heavy (non-hydrogen) atoms. The summed E-state index contributed by atoms with van der Waals surface area (Å²) in [5.74, 6) is 0.893. The number of anilines is 1. The molecule has 0 aliphatic carbocycles. The molecule has 0 bridgehead atoms. The molecule has 4 rings (SSSR count). The number of carbonyl (C=O) groups excluding carboxylic acids is 1. The van der Waals surface area contributed by atoms with Crippen molar-refractivity contribution in [3.8, 4) is 11.5 Å². The standard InChI is InChI=1S/C16H11N3O3S/c1-9-6-11(19-22-9)15(20)18-16-17-12(8-23-16)14-7-10-4-2-3-5-13(10)21-14/h2-8H,1H3,(H,17,18,20). The van der Waals surface area contributed by atoms with Crippen LogP contribution in [0, 0.1) is 6.92 Å². The van der Waals surface area contributed by atoms with Crippen LogP contribution in [0.25, 0.3) is 22.4 Å². The fourth-order valence-electron chi connectivity index (χ4n) is 2.19. The highest BCUT2D eigenvalue weighted by atomic mass is 32.1. The van der Waals surface area contributed by atoms with Crippen LogP contribution in [0.15, 0.2) is 50.7 Å². The van der Waals surface area contributed by atoms with Gasteiger partial charge in [-0.2, -0.15) is 0 Å². The van der Waals surface area contributed by atoms with Gasteiger partial charge in [-0.3, -0.25) is 10.1 Å². The third kappa shape index (κ3) is 2.62. The van der Waals surface area contributed by atoms with E-state index in [9.17, 15) is 4.79 Å². The Hall–Kier alpha value is -2.93. The zero-order valence-electron chi connectivity index (χ0n) is 12.1.